The van der Waals surface area contributed by atoms with E-state index in [4.69, 9.17) is 9.72 Å². The number of piperidine rings is 1. The maximum Gasteiger partial charge on any atom is 0.260 e. The van der Waals surface area contributed by atoms with Gasteiger partial charge < -0.3 is 9.64 Å². The van der Waals surface area contributed by atoms with Gasteiger partial charge in [-0.2, -0.15) is 0 Å². The zero-order valence-corrected chi connectivity index (χ0v) is 17.0. The first-order chi connectivity index (χ1) is 14.8. The first-order valence-corrected chi connectivity index (χ1v) is 10.7. The number of hydrogen-bond donors (Lipinski definition) is 0. The second kappa shape index (κ2) is 8.19. The van der Waals surface area contributed by atoms with Crippen LogP contribution in [0.1, 0.15) is 23.8 Å². The van der Waals surface area contributed by atoms with E-state index in [0.29, 0.717) is 11.7 Å². The second-order valence-electron chi connectivity index (χ2n) is 7.22. The van der Waals surface area contributed by atoms with Crippen molar-refractivity contribution in [3.63, 3.8) is 0 Å². The number of nitrogens with zero attached hydrogens (tertiary/aromatic N) is 6. The van der Waals surface area contributed by atoms with Gasteiger partial charge in [0, 0.05) is 25.1 Å². The van der Waals surface area contributed by atoms with Crippen molar-refractivity contribution in [1.29, 1.82) is 0 Å². The number of thiazole rings is 1. The van der Waals surface area contributed by atoms with Crippen LogP contribution in [0, 0.1) is 0 Å². The van der Waals surface area contributed by atoms with Gasteiger partial charge in [-0.05, 0) is 47.5 Å². The number of benzene rings is 2. The maximum atomic E-state index is 12.6. The topological polar surface area (TPSA) is 86.0 Å². The highest BCUT2D eigenvalue weighted by Crippen LogP contribution is 2.33. The molecule has 0 saturated carbocycles. The minimum atomic E-state index is 0.00516. The smallest absolute Gasteiger partial charge is 0.260 e. The van der Waals surface area contributed by atoms with Crippen LogP contribution in [0.3, 0.4) is 0 Å². The summed E-state index contributed by atoms with van der Waals surface area (Å²) in [5, 5.41) is 12.3. The van der Waals surface area contributed by atoms with Gasteiger partial charge in [0.2, 0.25) is 0 Å². The van der Waals surface area contributed by atoms with Crippen LogP contribution in [-0.4, -0.2) is 55.7 Å². The number of hydrogen-bond acceptors (Lipinski definition) is 7. The Kier molecular flexibility index (Phi) is 5.10. The van der Waals surface area contributed by atoms with Crippen molar-refractivity contribution in [3.05, 3.63) is 59.9 Å². The average Bonchev–Trinajstić information content (AvgIpc) is 3.48. The van der Waals surface area contributed by atoms with Crippen LogP contribution in [0.25, 0.3) is 15.9 Å². The van der Waals surface area contributed by atoms with Crippen molar-refractivity contribution < 1.29 is 9.53 Å². The molecule has 8 nitrogen and oxygen atoms in total. The Bertz CT molecular complexity index is 1120. The van der Waals surface area contributed by atoms with Crippen LogP contribution in [0.4, 0.5) is 0 Å². The Balaban J connectivity index is 1.16. The highest BCUT2D eigenvalue weighted by atomic mass is 32.1. The summed E-state index contributed by atoms with van der Waals surface area (Å²) in [6.45, 7) is 1.48. The largest absolute Gasteiger partial charge is 0.484 e. The molecule has 9 heteroatoms. The fourth-order valence-electron chi connectivity index (χ4n) is 3.67. The SMILES string of the molecule is O=C(COc1cccc(-n2cnnn2)c1)N1CCC(c2nc3ccccc3s2)CC1. The van der Waals surface area contributed by atoms with Crippen molar-refractivity contribution in [2.45, 2.75) is 18.8 Å². The van der Waals surface area contributed by atoms with Gasteiger partial charge in [-0.15, -0.1) is 16.4 Å². The standard InChI is InChI=1S/C21H20N6O2S/c28-20(13-29-17-5-3-4-16(12-17)27-14-22-24-25-27)26-10-8-15(9-11-26)21-23-18-6-1-2-7-19(18)30-21/h1-7,12,14-15H,8-11,13H2. The van der Waals surface area contributed by atoms with E-state index in [1.165, 1.54) is 16.0 Å². The Morgan fingerprint density at radius 3 is 2.80 bits per heavy atom. The molecule has 1 fully saturated rings. The molecule has 1 aliphatic rings. The van der Waals surface area contributed by atoms with Gasteiger partial charge in [0.1, 0.15) is 12.1 Å². The van der Waals surface area contributed by atoms with Crippen molar-refractivity contribution in [3.8, 4) is 11.4 Å². The quantitative estimate of drug-likeness (QED) is 0.493. The van der Waals surface area contributed by atoms with Crippen LogP contribution < -0.4 is 4.74 Å². The number of carbonyl (C=O) groups excluding carboxylic acids is 1. The highest BCUT2D eigenvalue weighted by Gasteiger charge is 2.26. The fraction of sp³-hybridized carbons (Fsp3) is 0.286. The lowest BCUT2D eigenvalue weighted by molar-refractivity contribution is -0.134. The van der Waals surface area contributed by atoms with Crippen LogP contribution >= 0.6 is 11.3 Å². The number of aromatic nitrogens is 5. The normalized spacial score (nSPS) is 14.9. The number of tetrazole rings is 1. The predicted octanol–water partition coefficient (Wildman–Crippen LogP) is 3.06. The van der Waals surface area contributed by atoms with Crippen molar-refractivity contribution >= 4 is 27.5 Å². The number of rotatable bonds is 5. The number of amides is 1. The molecule has 1 saturated heterocycles. The van der Waals surface area contributed by atoms with Gasteiger partial charge in [-0.1, -0.05) is 18.2 Å². The third-order valence-corrected chi connectivity index (χ3v) is 6.50. The maximum absolute atomic E-state index is 12.6. The minimum Gasteiger partial charge on any atom is -0.484 e. The van der Waals surface area contributed by atoms with Crippen molar-refractivity contribution in [1.82, 2.24) is 30.1 Å². The van der Waals surface area contributed by atoms with Gasteiger partial charge in [-0.3, -0.25) is 4.79 Å². The monoisotopic (exact) mass is 420 g/mol. The molecule has 1 amide bonds. The van der Waals surface area contributed by atoms with Crippen molar-refractivity contribution in [2.75, 3.05) is 19.7 Å². The van der Waals surface area contributed by atoms with E-state index in [-0.39, 0.29) is 12.5 Å². The summed E-state index contributed by atoms with van der Waals surface area (Å²) in [7, 11) is 0. The van der Waals surface area contributed by atoms with E-state index < -0.39 is 0 Å². The van der Waals surface area contributed by atoms with E-state index in [1.54, 1.807) is 16.0 Å². The predicted molar refractivity (Wildman–Crippen MR) is 113 cm³/mol. The third kappa shape index (κ3) is 3.88. The molecule has 0 aliphatic carbocycles. The van der Waals surface area contributed by atoms with Gasteiger partial charge >= 0.3 is 0 Å². The van der Waals surface area contributed by atoms with Crippen molar-refractivity contribution in [2.24, 2.45) is 0 Å². The number of para-hydroxylation sites is 1. The van der Waals surface area contributed by atoms with Crippen LogP contribution in [0.5, 0.6) is 5.75 Å². The minimum absolute atomic E-state index is 0.00516. The molecule has 30 heavy (non-hydrogen) atoms. The number of fused-ring (bicyclic) bond motifs is 1. The zero-order valence-electron chi connectivity index (χ0n) is 16.2. The molecule has 2 aromatic heterocycles. The molecule has 1 aliphatic heterocycles. The Labute approximate surface area is 177 Å². The fourth-order valence-corrected chi connectivity index (χ4v) is 4.81. The summed E-state index contributed by atoms with van der Waals surface area (Å²) in [5.74, 6) is 1.03. The molecular formula is C21H20N6O2S. The number of likely N-dealkylation sites (tertiary alicyclic amines) is 1. The lowest BCUT2D eigenvalue weighted by atomic mass is 9.97. The molecule has 0 N–H and O–H groups in total. The van der Waals surface area contributed by atoms with E-state index in [9.17, 15) is 4.79 Å². The third-order valence-electron chi connectivity index (χ3n) is 5.30. The summed E-state index contributed by atoms with van der Waals surface area (Å²) in [4.78, 5) is 19.3. The molecule has 3 heterocycles. The lowest BCUT2D eigenvalue weighted by Gasteiger charge is -2.31. The van der Waals surface area contributed by atoms with Gasteiger partial charge in [-0.25, -0.2) is 9.67 Å². The Morgan fingerprint density at radius 1 is 1.13 bits per heavy atom. The summed E-state index contributed by atoms with van der Waals surface area (Å²) in [6, 6.07) is 15.6. The molecule has 0 spiro atoms. The average molecular weight is 420 g/mol. The Hall–Kier alpha value is -3.33. The molecule has 0 bridgehead atoms. The Morgan fingerprint density at radius 2 is 2.00 bits per heavy atom. The van der Waals surface area contributed by atoms with Crippen LogP contribution in [0.15, 0.2) is 54.9 Å². The molecule has 0 atom stereocenters. The van der Waals surface area contributed by atoms with E-state index in [2.05, 4.69) is 27.7 Å². The van der Waals surface area contributed by atoms with Crippen LogP contribution in [0.2, 0.25) is 0 Å². The van der Waals surface area contributed by atoms with Gasteiger partial charge in [0.05, 0.1) is 20.9 Å². The highest BCUT2D eigenvalue weighted by molar-refractivity contribution is 7.18. The van der Waals surface area contributed by atoms with E-state index in [0.717, 1.165) is 37.1 Å². The summed E-state index contributed by atoms with van der Waals surface area (Å²) >= 11 is 1.77. The molecule has 2 aromatic carbocycles. The molecular weight excluding hydrogens is 400 g/mol. The second-order valence-corrected chi connectivity index (χ2v) is 8.28. The summed E-state index contributed by atoms with van der Waals surface area (Å²) in [6.07, 6.45) is 3.38. The lowest BCUT2D eigenvalue weighted by Crippen LogP contribution is -2.40. The number of carbonyl (C=O) groups is 1. The summed E-state index contributed by atoms with van der Waals surface area (Å²) in [5.41, 5.74) is 1.84. The molecule has 0 unspecified atom stereocenters. The molecule has 4 aromatic rings. The van der Waals surface area contributed by atoms with Crippen LogP contribution in [-0.2, 0) is 4.79 Å². The van der Waals surface area contributed by atoms with E-state index >= 15 is 0 Å². The summed E-state index contributed by atoms with van der Waals surface area (Å²) < 4.78 is 8.50. The molecule has 5 rings (SSSR count). The van der Waals surface area contributed by atoms with Gasteiger partial charge in [0.25, 0.3) is 5.91 Å². The first kappa shape index (κ1) is 18.7. The molecule has 152 valence electrons. The first-order valence-electron chi connectivity index (χ1n) is 9.86. The molecule has 0 radical (unpaired) electrons. The number of ether oxygens (including phenoxy) is 1. The van der Waals surface area contributed by atoms with E-state index in [1.807, 2.05) is 41.3 Å². The zero-order chi connectivity index (χ0) is 20.3. The van der Waals surface area contributed by atoms with Gasteiger partial charge in [0.15, 0.2) is 6.61 Å².